The van der Waals surface area contributed by atoms with Crippen molar-refractivity contribution in [2.75, 3.05) is 6.61 Å². The van der Waals surface area contributed by atoms with E-state index in [1.165, 1.54) is 0 Å². The first-order chi connectivity index (χ1) is 9.22. The van der Waals surface area contributed by atoms with E-state index in [1.807, 2.05) is 11.3 Å². The highest BCUT2D eigenvalue weighted by atomic mass is 16.6. The van der Waals surface area contributed by atoms with Crippen LogP contribution in [0.3, 0.4) is 0 Å². The molecule has 1 fully saturated rings. The second kappa shape index (κ2) is 5.01. The second-order valence-corrected chi connectivity index (χ2v) is 4.89. The van der Waals surface area contributed by atoms with Crippen LogP contribution in [0.15, 0.2) is 30.9 Å². The Labute approximate surface area is 111 Å². The fourth-order valence-corrected chi connectivity index (χ4v) is 2.31. The molecule has 1 aliphatic rings. The maximum absolute atomic E-state index is 11.9. The number of imidazole rings is 1. The SMILES string of the molecule is C[C@H]1CC[C@H](COC(=O)c2ccn3cncc3c2)O1. The summed E-state index contributed by atoms with van der Waals surface area (Å²) in [6.07, 6.45) is 7.49. The van der Waals surface area contributed by atoms with Crippen LogP contribution in [0.25, 0.3) is 5.52 Å². The molecule has 3 rings (SSSR count). The first kappa shape index (κ1) is 12.2. The molecule has 0 radical (unpaired) electrons. The van der Waals surface area contributed by atoms with Crippen molar-refractivity contribution < 1.29 is 14.3 Å². The topological polar surface area (TPSA) is 52.8 Å². The number of nitrogens with zero attached hydrogens (tertiary/aromatic N) is 2. The lowest BCUT2D eigenvalue weighted by molar-refractivity contribution is -0.00265. The fourth-order valence-electron chi connectivity index (χ4n) is 2.31. The lowest BCUT2D eigenvalue weighted by Crippen LogP contribution is -2.19. The quantitative estimate of drug-likeness (QED) is 0.793. The van der Waals surface area contributed by atoms with Crippen LogP contribution in [0.1, 0.15) is 30.1 Å². The standard InChI is InChI=1S/C14H16N2O3/c1-10-2-3-13(19-10)8-18-14(17)11-4-5-16-9-15-7-12(16)6-11/h4-7,9-10,13H,2-3,8H2,1H3/t10-,13+/m0/s1. The summed E-state index contributed by atoms with van der Waals surface area (Å²) in [5.74, 6) is -0.313. The molecule has 0 amide bonds. The third-order valence-corrected chi connectivity index (χ3v) is 3.37. The van der Waals surface area contributed by atoms with E-state index < -0.39 is 0 Å². The van der Waals surface area contributed by atoms with Gasteiger partial charge in [-0.1, -0.05) is 0 Å². The van der Waals surface area contributed by atoms with Crippen molar-refractivity contribution in [1.82, 2.24) is 9.38 Å². The van der Waals surface area contributed by atoms with Crippen molar-refractivity contribution in [2.24, 2.45) is 0 Å². The maximum atomic E-state index is 11.9. The van der Waals surface area contributed by atoms with Gasteiger partial charge < -0.3 is 13.9 Å². The van der Waals surface area contributed by atoms with Crippen LogP contribution < -0.4 is 0 Å². The van der Waals surface area contributed by atoms with Crippen LogP contribution >= 0.6 is 0 Å². The fraction of sp³-hybridized carbons (Fsp3) is 0.429. The average Bonchev–Trinajstić information content (AvgIpc) is 3.03. The highest BCUT2D eigenvalue weighted by molar-refractivity contribution is 5.90. The first-order valence-electron chi connectivity index (χ1n) is 6.46. The molecule has 100 valence electrons. The largest absolute Gasteiger partial charge is 0.459 e. The zero-order chi connectivity index (χ0) is 13.2. The molecular weight excluding hydrogens is 244 g/mol. The number of pyridine rings is 1. The van der Waals surface area contributed by atoms with Gasteiger partial charge in [-0.3, -0.25) is 0 Å². The minimum absolute atomic E-state index is 0.0395. The van der Waals surface area contributed by atoms with E-state index in [4.69, 9.17) is 9.47 Å². The lowest BCUT2D eigenvalue weighted by Gasteiger charge is -2.11. The van der Waals surface area contributed by atoms with Crippen LogP contribution in [0, 0.1) is 0 Å². The summed E-state index contributed by atoms with van der Waals surface area (Å²) < 4.78 is 12.8. The number of esters is 1. The van der Waals surface area contributed by atoms with Gasteiger partial charge in [0.2, 0.25) is 0 Å². The molecule has 0 bridgehead atoms. The Bertz CT molecular complexity index is 593. The predicted octanol–water partition coefficient (Wildman–Crippen LogP) is 2.06. The molecule has 0 aliphatic carbocycles. The third kappa shape index (κ3) is 2.61. The molecule has 5 nitrogen and oxygen atoms in total. The molecule has 0 unspecified atom stereocenters. The molecule has 0 saturated carbocycles. The Kier molecular flexibility index (Phi) is 3.21. The van der Waals surface area contributed by atoms with Gasteiger partial charge in [0.25, 0.3) is 0 Å². The van der Waals surface area contributed by atoms with Gasteiger partial charge in [-0.2, -0.15) is 0 Å². The number of rotatable bonds is 3. The molecule has 19 heavy (non-hydrogen) atoms. The van der Waals surface area contributed by atoms with Gasteiger partial charge in [0.1, 0.15) is 6.61 Å². The van der Waals surface area contributed by atoms with Crippen molar-refractivity contribution in [2.45, 2.75) is 32.0 Å². The number of hydrogen-bond donors (Lipinski definition) is 0. The van der Waals surface area contributed by atoms with Crippen molar-refractivity contribution in [3.8, 4) is 0 Å². The van der Waals surface area contributed by atoms with E-state index in [1.54, 1.807) is 30.9 Å². The summed E-state index contributed by atoms with van der Waals surface area (Å²) in [6.45, 7) is 2.36. The van der Waals surface area contributed by atoms with E-state index in [0.29, 0.717) is 12.2 Å². The van der Waals surface area contributed by atoms with E-state index in [0.717, 1.165) is 18.4 Å². The number of aromatic nitrogens is 2. The second-order valence-electron chi connectivity index (χ2n) is 4.89. The van der Waals surface area contributed by atoms with Gasteiger partial charge in [-0.15, -0.1) is 0 Å². The molecule has 1 aliphatic heterocycles. The monoisotopic (exact) mass is 260 g/mol. The highest BCUT2D eigenvalue weighted by Gasteiger charge is 2.23. The van der Waals surface area contributed by atoms with Gasteiger partial charge in [0.15, 0.2) is 0 Å². The predicted molar refractivity (Wildman–Crippen MR) is 69.0 cm³/mol. The van der Waals surface area contributed by atoms with Crippen molar-refractivity contribution in [3.05, 3.63) is 36.4 Å². The molecule has 3 heterocycles. The van der Waals surface area contributed by atoms with E-state index >= 15 is 0 Å². The van der Waals surface area contributed by atoms with Gasteiger partial charge >= 0.3 is 5.97 Å². The molecule has 2 aromatic heterocycles. The normalized spacial score (nSPS) is 22.8. The number of ether oxygens (including phenoxy) is 2. The third-order valence-electron chi connectivity index (χ3n) is 3.37. The number of carbonyl (C=O) groups excluding carboxylic acids is 1. The average molecular weight is 260 g/mol. The van der Waals surface area contributed by atoms with Gasteiger partial charge in [0, 0.05) is 6.20 Å². The molecular formula is C14H16N2O3. The molecule has 5 heteroatoms. The number of hydrogen-bond acceptors (Lipinski definition) is 4. The van der Waals surface area contributed by atoms with Crippen molar-refractivity contribution in [3.63, 3.8) is 0 Å². The summed E-state index contributed by atoms with van der Waals surface area (Å²) in [7, 11) is 0. The Morgan fingerprint density at radius 1 is 1.58 bits per heavy atom. The smallest absolute Gasteiger partial charge is 0.338 e. The number of fused-ring (bicyclic) bond motifs is 1. The maximum Gasteiger partial charge on any atom is 0.338 e. The molecule has 2 aromatic rings. The van der Waals surface area contributed by atoms with Crippen molar-refractivity contribution in [1.29, 1.82) is 0 Å². The number of carbonyl (C=O) groups is 1. The first-order valence-corrected chi connectivity index (χ1v) is 6.46. The van der Waals surface area contributed by atoms with Gasteiger partial charge in [-0.05, 0) is 31.9 Å². The summed E-state index contributed by atoms with van der Waals surface area (Å²) in [5, 5.41) is 0. The van der Waals surface area contributed by atoms with Crippen molar-refractivity contribution >= 4 is 11.5 Å². The summed E-state index contributed by atoms with van der Waals surface area (Å²) >= 11 is 0. The molecule has 1 saturated heterocycles. The summed E-state index contributed by atoms with van der Waals surface area (Å²) in [6, 6.07) is 3.50. The molecule has 2 atom stereocenters. The summed E-state index contributed by atoms with van der Waals surface area (Å²) in [4.78, 5) is 16.0. The minimum Gasteiger partial charge on any atom is -0.459 e. The Balaban J connectivity index is 1.63. The Morgan fingerprint density at radius 3 is 3.26 bits per heavy atom. The zero-order valence-corrected chi connectivity index (χ0v) is 10.8. The summed E-state index contributed by atoms with van der Waals surface area (Å²) in [5.41, 5.74) is 1.42. The van der Waals surface area contributed by atoms with Crippen LogP contribution in [0.5, 0.6) is 0 Å². The highest BCUT2D eigenvalue weighted by Crippen LogP contribution is 2.19. The van der Waals surface area contributed by atoms with Crippen LogP contribution in [0.4, 0.5) is 0 Å². The molecule has 0 aromatic carbocycles. The minimum atomic E-state index is -0.313. The Hall–Kier alpha value is -1.88. The Morgan fingerprint density at radius 2 is 2.47 bits per heavy atom. The van der Waals surface area contributed by atoms with E-state index in [9.17, 15) is 4.79 Å². The van der Waals surface area contributed by atoms with Gasteiger partial charge in [0.05, 0.1) is 35.8 Å². The van der Waals surface area contributed by atoms with Gasteiger partial charge in [-0.25, -0.2) is 9.78 Å². The molecule has 0 spiro atoms. The van der Waals surface area contributed by atoms with Crippen LogP contribution in [-0.4, -0.2) is 34.2 Å². The zero-order valence-electron chi connectivity index (χ0n) is 10.8. The van der Waals surface area contributed by atoms with E-state index in [2.05, 4.69) is 4.98 Å². The van der Waals surface area contributed by atoms with Crippen LogP contribution in [-0.2, 0) is 9.47 Å². The lowest BCUT2D eigenvalue weighted by atomic mass is 10.2. The molecule has 0 N–H and O–H groups in total. The van der Waals surface area contributed by atoms with E-state index in [-0.39, 0.29) is 18.2 Å². The van der Waals surface area contributed by atoms with Crippen LogP contribution in [0.2, 0.25) is 0 Å².